The molecule has 0 bridgehead atoms. The van der Waals surface area contributed by atoms with Crippen LogP contribution in [-0.2, 0) is 12.4 Å². The van der Waals surface area contributed by atoms with Crippen LogP contribution < -0.4 is 0 Å². The van der Waals surface area contributed by atoms with Gasteiger partial charge in [-0.05, 0) is 48.6 Å². The standard InChI is InChI=1S/C20H16ClF6NO/c21-17-6-5-13(11-16(17)20(25,26)27)18(29)28-9-7-12(8-10-28)14-3-1-2-4-15(14)19(22,23)24/h1-6,11-12H,7-10H2. The molecule has 29 heavy (non-hydrogen) atoms. The van der Waals surface area contributed by atoms with E-state index in [4.69, 9.17) is 11.6 Å². The third-order valence-corrected chi connectivity index (χ3v) is 5.34. The molecule has 1 aliphatic heterocycles. The maximum atomic E-state index is 13.2. The van der Waals surface area contributed by atoms with Crippen molar-refractivity contribution < 1.29 is 31.1 Å². The van der Waals surface area contributed by atoms with Crippen LogP contribution in [0.3, 0.4) is 0 Å². The molecule has 0 aromatic heterocycles. The van der Waals surface area contributed by atoms with E-state index in [9.17, 15) is 31.1 Å². The highest BCUT2D eigenvalue weighted by molar-refractivity contribution is 6.31. The summed E-state index contributed by atoms with van der Waals surface area (Å²) in [4.78, 5) is 14.0. The Bertz CT molecular complexity index is 901. The van der Waals surface area contributed by atoms with E-state index in [-0.39, 0.29) is 30.1 Å². The van der Waals surface area contributed by atoms with Crippen LogP contribution in [0.4, 0.5) is 26.3 Å². The molecular weight excluding hydrogens is 420 g/mol. The van der Waals surface area contributed by atoms with Crippen LogP contribution in [0.25, 0.3) is 0 Å². The van der Waals surface area contributed by atoms with E-state index in [1.54, 1.807) is 0 Å². The lowest BCUT2D eigenvalue weighted by molar-refractivity contribution is -0.139. The number of likely N-dealkylation sites (tertiary alicyclic amines) is 1. The van der Waals surface area contributed by atoms with Gasteiger partial charge in [0.2, 0.25) is 0 Å². The average Bonchev–Trinajstić information content (AvgIpc) is 2.66. The normalized spacial score (nSPS) is 16.2. The predicted octanol–water partition coefficient (Wildman–Crippen LogP) is 6.40. The molecule has 3 rings (SSSR count). The summed E-state index contributed by atoms with van der Waals surface area (Å²) in [5.74, 6) is -0.984. The molecule has 0 saturated carbocycles. The molecule has 1 saturated heterocycles. The van der Waals surface area contributed by atoms with Crippen LogP contribution in [0, 0.1) is 0 Å². The molecule has 1 fully saturated rings. The van der Waals surface area contributed by atoms with Gasteiger partial charge in [0, 0.05) is 18.7 Å². The fourth-order valence-corrected chi connectivity index (χ4v) is 3.79. The predicted molar refractivity (Wildman–Crippen MR) is 95.8 cm³/mol. The highest BCUT2D eigenvalue weighted by atomic mass is 35.5. The third-order valence-electron chi connectivity index (χ3n) is 5.01. The van der Waals surface area contributed by atoms with Gasteiger partial charge in [0.15, 0.2) is 0 Å². The molecule has 156 valence electrons. The minimum Gasteiger partial charge on any atom is -0.339 e. The number of rotatable bonds is 2. The Labute approximate surface area is 168 Å². The van der Waals surface area contributed by atoms with Crippen molar-refractivity contribution in [3.05, 3.63) is 69.7 Å². The van der Waals surface area contributed by atoms with Crippen molar-refractivity contribution >= 4 is 17.5 Å². The van der Waals surface area contributed by atoms with Crippen LogP contribution in [0.1, 0.15) is 45.8 Å². The number of halogens is 7. The lowest BCUT2D eigenvalue weighted by Crippen LogP contribution is -2.38. The fourth-order valence-electron chi connectivity index (χ4n) is 3.56. The second-order valence-corrected chi connectivity index (χ2v) is 7.25. The van der Waals surface area contributed by atoms with Crippen molar-refractivity contribution in [2.75, 3.05) is 13.1 Å². The van der Waals surface area contributed by atoms with Gasteiger partial charge in [-0.25, -0.2) is 0 Å². The number of alkyl halides is 6. The smallest absolute Gasteiger partial charge is 0.339 e. The first-order valence-electron chi connectivity index (χ1n) is 8.80. The van der Waals surface area contributed by atoms with Crippen LogP contribution in [0.2, 0.25) is 5.02 Å². The Morgan fingerprint density at radius 2 is 1.48 bits per heavy atom. The molecule has 0 unspecified atom stereocenters. The van der Waals surface area contributed by atoms with Gasteiger partial charge in [0.25, 0.3) is 5.91 Å². The van der Waals surface area contributed by atoms with Gasteiger partial charge in [-0.1, -0.05) is 29.8 Å². The van der Waals surface area contributed by atoms with Gasteiger partial charge in [-0.15, -0.1) is 0 Å². The van der Waals surface area contributed by atoms with Crippen molar-refractivity contribution in [3.63, 3.8) is 0 Å². The number of hydrogen-bond acceptors (Lipinski definition) is 1. The zero-order valence-electron chi connectivity index (χ0n) is 14.9. The van der Waals surface area contributed by atoms with Crippen molar-refractivity contribution in [1.29, 1.82) is 0 Å². The third kappa shape index (κ3) is 4.69. The Morgan fingerprint density at radius 1 is 0.897 bits per heavy atom. The molecular formula is C20H16ClF6NO. The first-order chi connectivity index (χ1) is 13.5. The fraction of sp³-hybridized carbons (Fsp3) is 0.350. The van der Waals surface area contributed by atoms with E-state index in [0.29, 0.717) is 18.9 Å². The summed E-state index contributed by atoms with van der Waals surface area (Å²) in [6.45, 7) is 0.305. The molecule has 1 aliphatic rings. The van der Waals surface area contributed by atoms with Gasteiger partial charge in [-0.3, -0.25) is 4.79 Å². The summed E-state index contributed by atoms with van der Waals surface area (Å²) < 4.78 is 78.7. The number of amides is 1. The monoisotopic (exact) mass is 435 g/mol. The van der Waals surface area contributed by atoms with E-state index in [2.05, 4.69) is 0 Å². The number of hydrogen-bond donors (Lipinski definition) is 0. The quantitative estimate of drug-likeness (QED) is 0.500. The van der Waals surface area contributed by atoms with Crippen molar-refractivity contribution in [2.24, 2.45) is 0 Å². The molecule has 1 amide bonds. The molecule has 1 heterocycles. The maximum absolute atomic E-state index is 13.2. The number of nitrogens with zero attached hydrogens (tertiary/aromatic N) is 1. The molecule has 0 N–H and O–H groups in total. The molecule has 2 aromatic carbocycles. The van der Waals surface area contributed by atoms with E-state index in [0.717, 1.165) is 12.1 Å². The van der Waals surface area contributed by atoms with Crippen LogP contribution in [0.15, 0.2) is 42.5 Å². The Kier molecular flexibility index (Phi) is 5.85. The van der Waals surface area contributed by atoms with Gasteiger partial charge >= 0.3 is 12.4 Å². The second-order valence-electron chi connectivity index (χ2n) is 6.84. The van der Waals surface area contributed by atoms with Crippen LogP contribution >= 0.6 is 11.6 Å². The number of piperidine rings is 1. The molecule has 9 heteroatoms. The molecule has 2 nitrogen and oxygen atoms in total. The first kappa shape index (κ1) is 21.5. The zero-order valence-corrected chi connectivity index (χ0v) is 15.7. The molecule has 0 spiro atoms. The molecule has 0 atom stereocenters. The Hall–Kier alpha value is -2.22. The Morgan fingerprint density at radius 3 is 2.07 bits per heavy atom. The van der Waals surface area contributed by atoms with Crippen LogP contribution in [-0.4, -0.2) is 23.9 Å². The van der Waals surface area contributed by atoms with Crippen molar-refractivity contribution in [2.45, 2.75) is 31.1 Å². The topological polar surface area (TPSA) is 20.3 Å². The second kappa shape index (κ2) is 7.89. The van der Waals surface area contributed by atoms with Gasteiger partial charge in [0.1, 0.15) is 0 Å². The van der Waals surface area contributed by atoms with Gasteiger partial charge in [0.05, 0.1) is 16.1 Å². The highest BCUT2D eigenvalue weighted by Gasteiger charge is 2.37. The summed E-state index contributed by atoms with van der Waals surface area (Å²) in [7, 11) is 0. The molecule has 2 aromatic rings. The van der Waals surface area contributed by atoms with E-state index in [1.165, 1.54) is 29.2 Å². The summed E-state index contributed by atoms with van der Waals surface area (Å²) in [6.07, 6.45) is -8.58. The summed E-state index contributed by atoms with van der Waals surface area (Å²) >= 11 is 5.57. The van der Waals surface area contributed by atoms with Crippen LogP contribution in [0.5, 0.6) is 0 Å². The minimum atomic E-state index is -4.69. The minimum absolute atomic E-state index is 0.152. The summed E-state index contributed by atoms with van der Waals surface area (Å²) in [5.41, 5.74) is -1.77. The maximum Gasteiger partial charge on any atom is 0.417 e. The largest absolute Gasteiger partial charge is 0.417 e. The number of benzene rings is 2. The van der Waals surface area contributed by atoms with E-state index < -0.39 is 34.4 Å². The SMILES string of the molecule is O=C(c1ccc(Cl)c(C(F)(F)F)c1)N1CCC(c2ccccc2C(F)(F)F)CC1. The average molecular weight is 436 g/mol. The molecule has 0 radical (unpaired) electrons. The van der Waals surface area contributed by atoms with E-state index >= 15 is 0 Å². The summed E-state index contributed by atoms with van der Waals surface area (Å²) in [5, 5.41) is -0.503. The number of carbonyl (C=O) groups is 1. The van der Waals surface area contributed by atoms with Gasteiger partial charge < -0.3 is 4.90 Å². The lowest BCUT2D eigenvalue weighted by atomic mass is 9.86. The first-order valence-corrected chi connectivity index (χ1v) is 9.18. The van der Waals surface area contributed by atoms with Gasteiger partial charge in [-0.2, -0.15) is 26.3 Å². The lowest BCUT2D eigenvalue weighted by Gasteiger charge is -2.33. The van der Waals surface area contributed by atoms with Crippen molar-refractivity contribution in [3.8, 4) is 0 Å². The zero-order chi connectivity index (χ0) is 21.4. The molecule has 0 aliphatic carbocycles. The van der Waals surface area contributed by atoms with Crippen molar-refractivity contribution in [1.82, 2.24) is 4.90 Å². The Balaban J connectivity index is 1.75. The summed E-state index contributed by atoms with van der Waals surface area (Å²) in [6, 6.07) is 8.25. The number of carbonyl (C=O) groups excluding carboxylic acids is 1. The van der Waals surface area contributed by atoms with E-state index in [1.807, 2.05) is 0 Å². The highest BCUT2D eigenvalue weighted by Crippen LogP contribution is 2.39.